The first kappa shape index (κ1) is 12.2. The molecule has 0 aliphatic carbocycles. The number of hydrogen-bond acceptors (Lipinski definition) is 4. The average molecular weight is 267 g/mol. The van der Waals surface area contributed by atoms with E-state index in [0.29, 0.717) is 23.5 Å². The van der Waals surface area contributed by atoms with Crippen LogP contribution in [0.15, 0.2) is 30.7 Å². The zero-order valence-electron chi connectivity index (χ0n) is 10.7. The van der Waals surface area contributed by atoms with Crippen molar-refractivity contribution in [2.75, 3.05) is 0 Å². The molecular formula is C14H10FN5. The Bertz CT molecular complexity index is 814. The number of pyridine rings is 1. The topological polar surface area (TPSA) is 66.9 Å². The summed E-state index contributed by atoms with van der Waals surface area (Å²) >= 11 is 0. The summed E-state index contributed by atoms with van der Waals surface area (Å²) in [5, 5.41) is 9.06. The molecule has 3 aromatic heterocycles. The molecule has 0 aliphatic heterocycles. The first-order chi connectivity index (χ1) is 9.67. The van der Waals surface area contributed by atoms with E-state index in [1.54, 1.807) is 18.5 Å². The molecule has 0 unspecified atom stereocenters. The number of rotatable bonds is 2. The zero-order chi connectivity index (χ0) is 14.1. The van der Waals surface area contributed by atoms with Gasteiger partial charge in [0.25, 0.3) is 0 Å². The lowest BCUT2D eigenvalue weighted by Crippen LogP contribution is -1.94. The Balaban J connectivity index is 2.08. The van der Waals surface area contributed by atoms with Crippen molar-refractivity contribution in [3.8, 4) is 6.07 Å². The molecule has 0 atom stereocenters. The highest BCUT2D eigenvalue weighted by Gasteiger charge is 2.12. The Kier molecular flexibility index (Phi) is 2.88. The summed E-state index contributed by atoms with van der Waals surface area (Å²) in [6.07, 6.45) is 5.21. The van der Waals surface area contributed by atoms with Gasteiger partial charge in [0, 0.05) is 25.0 Å². The van der Waals surface area contributed by atoms with E-state index in [0.717, 1.165) is 5.56 Å². The van der Waals surface area contributed by atoms with E-state index in [1.165, 1.54) is 16.7 Å². The number of imidazole rings is 1. The Morgan fingerprint density at radius 2 is 2.05 bits per heavy atom. The lowest BCUT2D eigenvalue weighted by atomic mass is 10.1. The molecule has 20 heavy (non-hydrogen) atoms. The molecule has 0 aromatic carbocycles. The van der Waals surface area contributed by atoms with Gasteiger partial charge in [-0.05, 0) is 24.6 Å². The molecular weight excluding hydrogens is 257 g/mol. The summed E-state index contributed by atoms with van der Waals surface area (Å²) in [4.78, 5) is 12.5. The Morgan fingerprint density at radius 3 is 2.75 bits per heavy atom. The molecule has 3 aromatic rings. The van der Waals surface area contributed by atoms with Crippen molar-refractivity contribution in [3.63, 3.8) is 0 Å². The van der Waals surface area contributed by atoms with Crippen LogP contribution in [0.3, 0.4) is 0 Å². The molecule has 6 heteroatoms. The Labute approximate surface area is 114 Å². The van der Waals surface area contributed by atoms with Gasteiger partial charge < -0.3 is 0 Å². The van der Waals surface area contributed by atoms with Gasteiger partial charge in [-0.3, -0.25) is 4.40 Å². The number of halogens is 1. The summed E-state index contributed by atoms with van der Waals surface area (Å²) < 4.78 is 14.7. The molecule has 0 fully saturated rings. The van der Waals surface area contributed by atoms with Crippen LogP contribution >= 0.6 is 0 Å². The average Bonchev–Trinajstić information content (AvgIpc) is 2.78. The van der Waals surface area contributed by atoms with Gasteiger partial charge in [-0.25, -0.2) is 19.3 Å². The second-order valence-corrected chi connectivity index (χ2v) is 4.41. The van der Waals surface area contributed by atoms with Crippen LogP contribution in [0.5, 0.6) is 0 Å². The van der Waals surface area contributed by atoms with Crippen molar-refractivity contribution < 1.29 is 4.39 Å². The van der Waals surface area contributed by atoms with Crippen LogP contribution < -0.4 is 0 Å². The van der Waals surface area contributed by atoms with Crippen LogP contribution in [0.4, 0.5) is 4.39 Å². The summed E-state index contributed by atoms with van der Waals surface area (Å²) in [6.45, 7) is 1.81. The molecule has 0 amide bonds. The molecule has 0 bridgehead atoms. The largest absolute Gasteiger partial charge is 0.288 e. The fourth-order valence-electron chi connectivity index (χ4n) is 2.04. The van der Waals surface area contributed by atoms with Crippen molar-refractivity contribution in [1.82, 2.24) is 19.4 Å². The Hall–Kier alpha value is -2.81. The summed E-state index contributed by atoms with van der Waals surface area (Å²) in [5.74, 6) is 0.461. The number of hydrogen-bond donors (Lipinski definition) is 0. The predicted octanol–water partition coefficient (Wildman–Crippen LogP) is 2.03. The highest BCUT2D eigenvalue weighted by atomic mass is 19.1. The standard InChI is InChI=1S/C14H10FN5/c1-9-17-6-10(7-18-9)4-12-13-3-2-11(15)8-20(13)14(5-16)19-12/h2-3,6-8H,4H2,1H3. The summed E-state index contributed by atoms with van der Waals surface area (Å²) in [5.41, 5.74) is 2.31. The van der Waals surface area contributed by atoms with Gasteiger partial charge in [-0.1, -0.05) is 0 Å². The molecule has 0 saturated heterocycles. The lowest BCUT2D eigenvalue weighted by molar-refractivity contribution is 0.619. The zero-order valence-corrected chi connectivity index (χ0v) is 10.7. The van der Waals surface area contributed by atoms with Gasteiger partial charge in [0.2, 0.25) is 5.82 Å². The number of nitrogens with zero attached hydrogens (tertiary/aromatic N) is 5. The summed E-state index contributed by atoms with van der Waals surface area (Å²) in [6, 6.07) is 4.94. The molecule has 5 nitrogen and oxygen atoms in total. The molecule has 3 rings (SSSR count). The van der Waals surface area contributed by atoms with Crippen molar-refractivity contribution in [1.29, 1.82) is 5.26 Å². The second-order valence-electron chi connectivity index (χ2n) is 4.41. The third-order valence-corrected chi connectivity index (χ3v) is 2.98. The minimum Gasteiger partial charge on any atom is -0.288 e. The number of aromatic nitrogens is 4. The van der Waals surface area contributed by atoms with E-state index >= 15 is 0 Å². The van der Waals surface area contributed by atoms with Gasteiger partial charge in [0.15, 0.2) is 0 Å². The molecule has 3 heterocycles. The molecule has 0 aliphatic rings. The van der Waals surface area contributed by atoms with Crippen LogP contribution in [-0.2, 0) is 6.42 Å². The SMILES string of the molecule is Cc1ncc(Cc2nc(C#N)n3cc(F)ccc23)cn1. The van der Waals surface area contributed by atoms with E-state index in [1.807, 2.05) is 13.0 Å². The van der Waals surface area contributed by atoms with Crippen LogP contribution in [0.25, 0.3) is 5.52 Å². The van der Waals surface area contributed by atoms with Crippen molar-refractivity contribution in [2.45, 2.75) is 13.3 Å². The first-order valence-corrected chi connectivity index (χ1v) is 6.01. The van der Waals surface area contributed by atoms with Crippen molar-refractivity contribution >= 4 is 5.52 Å². The number of nitriles is 1. The van der Waals surface area contributed by atoms with Crippen molar-refractivity contribution in [2.24, 2.45) is 0 Å². The van der Waals surface area contributed by atoms with E-state index in [-0.39, 0.29) is 5.82 Å². The van der Waals surface area contributed by atoms with Gasteiger partial charge in [0.1, 0.15) is 17.7 Å². The maximum atomic E-state index is 13.3. The fourth-order valence-corrected chi connectivity index (χ4v) is 2.04. The van der Waals surface area contributed by atoms with Gasteiger partial charge in [-0.15, -0.1) is 0 Å². The summed E-state index contributed by atoms with van der Waals surface area (Å²) in [7, 11) is 0. The number of aryl methyl sites for hydroxylation is 1. The van der Waals surface area contributed by atoms with E-state index in [9.17, 15) is 4.39 Å². The minimum atomic E-state index is -0.406. The molecule has 0 saturated carbocycles. The quantitative estimate of drug-likeness (QED) is 0.712. The normalized spacial score (nSPS) is 10.7. The third-order valence-electron chi connectivity index (χ3n) is 2.98. The molecule has 0 N–H and O–H groups in total. The van der Waals surface area contributed by atoms with Gasteiger partial charge in [0.05, 0.1) is 11.2 Å². The fraction of sp³-hybridized carbons (Fsp3) is 0.143. The van der Waals surface area contributed by atoms with Gasteiger partial charge in [-0.2, -0.15) is 5.26 Å². The number of fused-ring (bicyclic) bond motifs is 1. The highest BCUT2D eigenvalue weighted by molar-refractivity contribution is 5.56. The van der Waals surface area contributed by atoms with Crippen LogP contribution in [0, 0.1) is 24.1 Å². The van der Waals surface area contributed by atoms with Crippen molar-refractivity contribution in [3.05, 3.63) is 59.4 Å². The minimum absolute atomic E-state index is 0.169. The van der Waals surface area contributed by atoms with Gasteiger partial charge >= 0.3 is 0 Å². The van der Waals surface area contributed by atoms with E-state index < -0.39 is 5.82 Å². The predicted molar refractivity (Wildman–Crippen MR) is 69.4 cm³/mol. The highest BCUT2D eigenvalue weighted by Crippen LogP contribution is 2.17. The molecule has 0 spiro atoms. The monoisotopic (exact) mass is 267 g/mol. The second kappa shape index (κ2) is 4.70. The third kappa shape index (κ3) is 2.10. The molecule has 0 radical (unpaired) electrons. The first-order valence-electron chi connectivity index (χ1n) is 6.01. The van der Waals surface area contributed by atoms with Crippen LogP contribution in [-0.4, -0.2) is 19.4 Å². The maximum absolute atomic E-state index is 13.3. The maximum Gasteiger partial charge on any atom is 0.217 e. The smallest absolute Gasteiger partial charge is 0.217 e. The van der Waals surface area contributed by atoms with E-state index in [4.69, 9.17) is 5.26 Å². The molecule has 98 valence electrons. The lowest BCUT2D eigenvalue weighted by Gasteiger charge is -1.99. The van der Waals surface area contributed by atoms with E-state index in [2.05, 4.69) is 15.0 Å². The van der Waals surface area contributed by atoms with Crippen LogP contribution in [0.2, 0.25) is 0 Å². The Morgan fingerprint density at radius 1 is 1.30 bits per heavy atom. The van der Waals surface area contributed by atoms with Crippen LogP contribution in [0.1, 0.15) is 22.9 Å².